The fraction of sp³-hybridized carbons (Fsp3) is 0.382. The number of aromatic hydroxyl groups is 3. The van der Waals surface area contributed by atoms with Gasteiger partial charge in [-0.05, 0) is 59.2 Å². The van der Waals surface area contributed by atoms with Gasteiger partial charge in [0.05, 0.1) is 68.6 Å². The lowest BCUT2D eigenvalue weighted by Gasteiger charge is -2.36. The number of rotatable bonds is 16. The van der Waals surface area contributed by atoms with Crippen LogP contribution in [-0.2, 0) is 38.8 Å². The quantitative estimate of drug-likeness (QED) is 0.169. The number of hydrogen-bond donors (Lipinski definition) is 4. The monoisotopic (exact) mass is 672 g/mol. The molecule has 260 valence electrons. The number of methoxy groups -OCH3 is 6. The third-order valence-corrected chi connectivity index (χ3v) is 7.72. The van der Waals surface area contributed by atoms with Crippen molar-refractivity contribution < 1.29 is 67.9 Å². The number of ether oxygens (including phenoxy) is 9. The third-order valence-electron chi connectivity index (χ3n) is 7.72. The molecule has 0 saturated carbocycles. The summed E-state index contributed by atoms with van der Waals surface area (Å²) >= 11 is 0. The smallest absolute Gasteiger partial charge is 0.331 e. The molecule has 4 N–H and O–H groups in total. The minimum Gasteiger partial charge on any atom is -0.502 e. The Balaban J connectivity index is 1.68. The van der Waals surface area contributed by atoms with Crippen LogP contribution in [0.15, 0.2) is 48.0 Å². The van der Waals surface area contributed by atoms with E-state index in [1.165, 1.54) is 48.7 Å². The molecule has 48 heavy (non-hydrogen) atoms. The molecule has 14 nitrogen and oxygen atoms in total. The van der Waals surface area contributed by atoms with E-state index in [4.69, 9.17) is 42.6 Å². The first kappa shape index (κ1) is 35.8. The normalized spacial score (nSPS) is 17.3. The third kappa shape index (κ3) is 8.08. The Kier molecular flexibility index (Phi) is 12.1. The number of phenolic OH excluding ortho intramolecular Hbond substituents is 3. The number of benzene rings is 3. The molecule has 4 rings (SSSR count). The van der Waals surface area contributed by atoms with Crippen molar-refractivity contribution in [2.45, 2.75) is 44.6 Å². The van der Waals surface area contributed by atoms with Gasteiger partial charge < -0.3 is 63.1 Å². The number of hydrogen-bond acceptors (Lipinski definition) is 13. The molecule has 3 atom stereocenters. The van der Waals surface area contributed by atoms with Crippen molar-refractivity contribution in [3.8, 4) is 51.7 Å². The van der Waals surface area contributed by atoms with Crippen LogP contribution in [0, 0.1) is 0 Å². The van der Waals surface area contributed by atoms with E-state index in [0.29, 0.717) is 16.7 Å². The Labute approximate surface area is 277 Å². The molecule has 0 bridgehead atoms. The maximum Gasteiger partial charge on any atom is 0.331 e. The topological polar surface area (TPSA) is 181 Å². The van der Waals surface area contributed by atoms with E-state index >= 15 is 0 Å². The number of carboxylic acids is 1. The number of phenols is 3. The zero-order valence-corrected chi connectivity index (χ0v) is 27.5. The SMILES string of the molecule is COc1cc(CO[C@@H]2[C@H](OCc3cc(OC)c(O)c(OC)c3)C=C(C(=O)O)C[C@H]2OCc2cc(OC)c(O)c(OC)c2)cc(OC)c1O. The van der Waals surface area contributed by atoms with Crippen LogP contribution in [0.3, 0.4) is 0 Å². The van der Waals surface area contributed by atoms with Crippen LogP contribution in [0.5, 0.6) is 51.7 Å². The predicted octanol–water partition coefficient (Wildman–Crippen LogP) is 4.33. The fourth-order valence-corrected chi connectivity index (χ4v) is 5.24. The van der Waals surface area contributed by atoms with E-state index in [1.807, 2.05) is 0 Å². The number of carboxylic acid groups (broad SMARTS) is 1. The highest BCUT2D eigenvalue weighted by Gasteiger charge is 2.38. The molecule has 0 aromatic heterocycles. The van der Waals surface area contributed by atoms with Gasteiger partial charge in [0.15, 0.2) is 34.5 Å². The lowest BCUT2D eigenvalue weighted by atomic mass is 9.91. The molecule has 14 heteroatoms. The molecule has 0 unspecified atom stereocenters. The summed E-state index contributed by atoms with van der Waals surface area (Å²) in [6.07, 6.45) is -1.14. The molecule has 0 saturated heterocycles. The second-order valence-corrected chi connectivity index (χ2v) is 10.6. The molecule has 3 aromatic rings. The highest BCUT2D eigenvalue weighted by atomic mass is 16.6. The van der Waals surface area contributed by atoms with Crippen LogP contribution in [0.4, 0.5) is 0 Å². The summed E-state index contributed by atoms with van der Waals surface area (Å²) in [6.45, 7) is -0.0828. The van der Waals surface area contributed by atoms with Crippen molar-refractivity contribution in [2.24, 2.45) is 0 Å². The van der Waals surface area contributed by atoms with E-state index in [9.17, 15) is 25.2 Å². The molecular formula is C34H40O14. The predicted molar refractivity (Wildman–Crippen MR) is 170 cm³/mol. The molecule has 0 fully saturated rings. The lowest BCUT2D eigenvalue weighted by molar-refractivity contribution is -0.149. The standard InChI is InChI=1S/C34H40O14/c1-40-22-7-18(8-23(41-2)30(22)35)15-46-28-13-21(34(38)39)14-29(47-16-19-9-24(42-3)31(36)25(10-19)43-4)33(28)48-17-20-11-26(44-5)32(37)27(12-20)45-6/h7-13,28-29,33,35-37H,14-17H2,1-6H3,(H,38,39)/t28-,29-,33-/m1/s1. The number of aliphatic carboxylic acids is 1. The van der Waals surface area contributed by atoms with E-state index in [1.54, 1.807) is 36.4 Å². The first-order chi connectivity index (χ1) is 23.1. The largest absolute Gasteiger partial charge is 0.502 e. The van der Waals surface area contributed by atoms with Gasteiger partial charge in [0.2, 0.25) is 17.2 Å². The second kappa shape index (κ2) is 16.2. The zero-order valence-electron chi connectivity index (χ0n) is 27.5. The Bertz CT molecular complexity index is 1540. The van der Waals surface area contributed by atoms with Crippen molar-refractivity contribution in [3.05, 3.63) is 64.7 Å². The van der Waals surface area contributed by atoms with Crippen LogP contribution < -0.4 is 28.4 Å². The summed E-state index contributed by atoms with van der Waals surface area (Å²) in [5, 5.41) is 41.1. The van der Waals surface area contributed by atoms with Crippen LogP contribution in [-0.4, -0.2) is 87.4 Å². The molecular weight excluding hydrogens is 632 g/mol. The molecule has 1 aliphatic carbocycles. The van der Waals surface area contributed by atoms with Crippen LogP contribution in [0.2, 0.25) is 0 Å². The van der Waals surface area contributed by atoms with Crippen LogP contribution in [0.1, 0.15) is 23.1 Å². The Morgan fingerprint density at radius 2 is 0.917 bits per heavy atom. The minimum absolute atomic E-state index is 0.0185. The summed E-state index contributed by atoms with van der Waals surface area (Å²) in [4.78, 5) is 12.3. The van der Waals surface area contributed by atoms with Gasteiger partial charge in [0.1, 0.15) is 12.2 Å². The summed E-state index contributed by atoms with van der Waals surface area (Å²) < 4.78 is 50.6. The fourth-order valence-electron chi connectivity index (χ4n) is 5.24. The van der Waals surface area contributed by atoms with Crippen LogP contribution >= 0.6 is 0 Å². The molecule has 0 amide bonds. The summed E-state index contributed by atoms with van der Waals surface area (Å²) in [7, 11) is 8.44. The maximum atomic E-state index is 12.3. The molecule has 0 aliphatic heterocycles. The van der Waals surface area contributed by atoms with Crippen LogP contribution in [0.25, 0.3) is 0 Å². The van der Waals surface area contributed by atoms with Crippen molar-refractivity contribution in [1.82, 2.24) is 0 Å². The average Bonchev–Trinajstić information content (AvgIpc) is 3.09. The van der Waals surface area contributed by atoms with E-state index in [0.717, 1.165) is 0 Å². The Morgan fingerprint density at radius 3 is 1.25 bits per heavy atom. The van der Waals surface area contributed by atoms with Crippen molar-refractivity contribution in [2.75, 3.05) is 42.7 Å². The first-order valence-electron chi connectivity index (χ1n) is 14.7. The highest BCUT2D eigenvalue weighted by molar-refractivity contribution is 5.87. The number of carbonyl (C=O) groups is 1. The van der Waals surface area contributed by atoms with Gasteiger partial charge in [-0.1, -0.05) is 0 Å². The van der Waals surface area contributed by atoms with Crippen molar-refractivity contribution in [3.63, 3.8) is 0 Å². The molecule has 3 aromatic carbocycles. The van der Waals surface area contributed by atoms with Gasteiger partial charge in [0.25, 0.3) is 0 Å². The second-order valence-electron chi connectivity index (χ2n) is 10.6. The highest BCUT2D eigenvalue weighted by Crippen LogP contribution is 2.40. The van der Waals surface area contributed by atoms with Gasteiger partial charge in [-0.25, -0.2) is 4.79 Å². The summed E-state index contributed by atoms with van der Waals surface area (Å²) in [5.74, 6) is -0.627. The molecule has 0 heterocycles. The van der Waals surface area contributed by atoms with Gasteiger partial charge in [-0.15, -0.1) is 0 Å². The summed E-state index contributed by atoms with van der Waals surface area (Å²) in [6, 6.07) is 9.50. The van der Waals surface area contributed by atoms with Gasteiger partial charge in [-0.2, -0.15) is 0 Å². The maximum absolute atomic E-state index is 12.3. The molecule has 0 radical (unpaired) electrons. The first-order valence-corrected chi connectivity index (χ1v) is 14.7. The Morgan fingerprint density at radius 1 is 0.583 bits per heavy atom. The zero-order chi connectivity index (χ0) is 35.0. The average molecular weight is 673 g/mol. The van der Waals surface area contributed by atoms with E-state index in [2.05, 4.69) is 0 Å². The minimum atomic E-state index is -1.15. The lowest BCUT2D eigenvalue weighted by Crippen LogP contribution is -2.45. The molecule has 1 aliphatic rings. The van der Waals surface area contributed by atoms with Crippen molar-refractivity contribution in [1.29, 1.82) is 0 Å². The molecule has 0 spiro atoms. The Hall–Kier alpha value is -5.05. The van der Waals surface area contributed by atoms with E-state index < -0.39 is 24.3 Å². The van der Waals surface area contributed by atoms with Gasteiger partial charge in [-0.3, -0.25) is 0 Å². The van der Waals surface area contributed by atoms with Crippen molar-refractivity contribution >= 4 is 5.97 Å². The van der Waals surface area contributed by atoms with E-state index in [-0.39, 0.29) is 83.6 Å². The summed E-state index contributed by atoms with van der Waals surface area (Å²) in [5.41, 5.74) is 1.80. The van der Waals surface area contributed by atoms with Gasteiger partial charge >= 0.3 is 5.97 Å². The van der Waals surface area contributed by atoms with Gasteiger partial charge in [0, 0.05) is 12.0 Å².